The summed E-state index contributed by atoms with van der Waals surface area (Å²) in [5.74, 6) is 0.583. The van der Waals surface area contributed by atoms with E-state index in [1.165, 1.54) is 6.07 Å². The molecule has 5 rings (SSSR count). The number of hydrogen-bond donors (Lipinski definition) is 0. The lowest BCUT2D eigenvalue weighted by Crippen LogP contribution is -2.53. The van der Waals surface area contributed by atoms with E-state index in [1.807, 2.05) is 15.5 Å². The summed E-state index contributed by atoms with van der Waals surface area (Å²) in [6, 6.07) is 10.7. The molecule has 0 saturated carbocycles. The van der Waals surface area contributed by atoms with Gasteiger partial charge < -0.3 is 9.47 Å². The van der Waals surface area contributed by atoms with Crippen molar-refractivity contribution >= 4 is 5.91 Å². The van der Waals surface area contributed by atoms with Gasteiger partial charge in [-0.3, -0.25) is 14.5 Å². The highest BCUT2D eigenvalue weighted by Crippen LogP contribution is 2.41. The number of benzene rings is 1. The number of carbonyl (C=O) groups excluding carboxylic acids is 1. The minimum atomic E-state index is -0.245. The van der Waals surface area contributed by atoms with Crippen LogP contribution in [-0.2, 0) is 11.3 Å². The molecule has 2 bridgehead atoms. The number of likely N-dealkylation sites (tertiary alicyclic amines) is 2. The Bertz CT molecular complexity index is 1030. The number of nitrogens with zero attached hydrogens (tertiary/aromatic N) is 3. The normalized spacial score (nSPS) is 24.5. The smallest absolute Gasteiger partial charge is 0.250 e. The molecule has 2 fully saturated rings. The van der Waals surface area contributed by atoms with Gasteiger partial charge in [-0.2, -0.15) is 0 Å². The molecule has 6 heteroatoms. The van der Waals surface area contributed by atoms with Crippen LogP contribution >= 0.6 is 0 Å². The summed E-state index contributed by atoms with van der Waals surface area (Å²) in [5.41, 5.74) is 2.44. The molecule has 0 radical (unpaired) electrons. The molecule has 2 saturated heterocycles. The van der Waals surface area contributed by atoms with E-state index in [0.717, 1.165) is 56.7 Å². The summed E-state index contributed by atoms with van der Waals surface area (Å²) in [5, 5.41) is 0. The zero-order valence-electron chi connectivity index (χ0n) is 17.4. The Labute approximate surface area is 176 Å². The molecule has 158 valence electrons. The minimum absolute atomic E-state index is 0.0167. The summed E-state index contributed by atoms with van der Waals surface area (Å²) in [6.07, 6.45) is 3.05. The second-order valence-electron chi connectivity index (χ2n) is 9.05. The number of carbonyl (C=O) groups is 1. The van der Waals surface area contributed by atoms with Crippen molar-refractivity contribution in [1.82, 2.24) is 14.4 Å². The van der Waals surface area contributed by atoms with E-state index in [1.54, 1.807) is 31.2 Å². The third-order valence-electron chi connectivity index (χ3n) is 7.21. The molecule has 1 aromatic heterocycles. The van der Waals surface area contributed by atoms with Crippen molar-refractivity contribution in [2.75, 3.05) is 26.2 Å². The largest absolute Gasteiger partial charge is 0.343 e. The Balaban J connectivity index is 1.46. The van der Waals surface area contributed by atoms with Gasteiger partial charge in [0.05, 0.1) is 0 Å². The van der Waals surface area contributed by atoms with Gasteiger partial charge in [-0.25, -0.2) is 4.39 Å². The fourth-order valence-corrected chi connectivity index (χ4v) is 5.80. The lowest BCUT2D eigenvalue weighted by molar-refractivity contribution is -0.130. The lowest BCUT2D eigenvalue weighted by atomic mass is 9.79. The summed E-state index contributed by atoms with van der Waals surface area (Å²) in [6.45, 7) is 5.88. The number of piperidine rings is 2. The van der Waals surface area contributed by atoms with E-state index in [0.29, 0.717) is 24.1 Å². The minimum Gasteiger partial charge on any atom is -0.343 e. The van der Waals surface area contributed by atoms with Crippen LogP contribution < -0.4 is 5.56 Å². The predicted octanol–water partition coefficient (Wildman–Crippen LogP) is 3.08. The first-order valence-corrected chi connectivity index (χ1v) is 11.0. The quantitative estimate of drug-likeness (QED) is 0.766. The number of fused-ring (bicyclic) bond motifs is 4. The van der Waals surface area contributed by atoms with E-state index in [-0.39, 0.29) is 23.2 Å². The predicted molar refractivity (Wildman–Crippen MR) is 114 cm³/mol. The average molecular weight is 410 g/mol. The summed E-state index contributed by atoms with van der Waals surface area (Å²) >= 11 is 0. The molecule has 0 unspecified atom stereocenters. The van der Waals surface area contributed by atoms with Gasteiger partial charge in [0.2, 0.25) is 5.91 Å². The van der Waals surface area contributed by atoms with Gasteiger partial charge in [0.1, 0.15) is 5.82 Å². The Morgan fingerprint density at radius 1 is 1.00 bits per heavy atom. The first-order valence-electron chi connectivity index (χ1n) is 11.0. The van der Waals surface area contributed by atoms with Crippen LogP contribution in [0.1, 0.15) is 37.8 Å². The molecule has 0 aliphatic carbocycles. The average Bonchev–Trinajstić information content (AvgIpc) is 2.75. The molecule has 4 heterocycles. The number of rotatable bonds is 2. The Morgan fingerprint density at radius 3 is 2.50 bits per heavy atom. The number of aromatic nitrogens is 1. The zero-order valence-corrected chi connectivity index (χ0v) is 17.4. The second kappa shape index (κ2) is 7.65. The van der Waals surface area contributed by atoms with Crippen molar-refractivity contribution in [3.05, 3.63) is 58.3 Å². The van der Waals surface area contributed by atoms with E-state index in [4.69, 9.17) is 0 Å². The van der Waals surface area contributed by atoms with E-state index >= 15 is 0 Å². The molecule has 1 amide bonds. The molecule has 2 atom stereocenters. The highest BCUT2D eigenvalue weighted by molar-refractivity contribution is 5.73. The molecule has 2 aromatic rings. The van der Waals surface area contributed by atoms with Gasteiger partial charge in [0, 0.05) is 74.5 Å². The summed E-state index contributed by atoms with van der Waals surface area (Å²) in [4.78, 5) is 28.8. The van der Waals surface area contributed by atoms with Crippen molar-refractivity contribution in [2.45, 2.75) is 44.7 Å². The molecular weight excluding hydrogens is 381 g/mol. The molecular formula is C24H28FN3O2. The van der Waals surface area contributed by atoms with Crippen molar-refractivity contribution in [3.8, 4) is 11.1 Å². The highest BCUT2D eigenvalue weighted by atomic mass is 19.1. The van der Waals surface area contributed by atoms with Crippen LogP contribution in [0.15, 0.2) is 41.2 Å². The maximum absolute atomic E-state index is 14.6. The molecule has 30 heavy (non-hydrogen) atoms. The third-order valence-corrected chi connectivity index (χ3v) is 7.21. The van der Waals surface area contributed by atoms with Gasteiger partial charge in [-0.1, -0.05) is 18.2 Å². The summed E-state index contributed by atoms with van der Waals surface area (Å²) < 4.78 is 16.5. The van der Waals surface area contributed by atoms with Crippen LogP contribution in [0.3, 0.4) is 0 Å². The number of hydrogen-bond acceptors (Lipinski definition) is 3. The fraction of sp³-hybridized carbons (Fsp3) is 0.500. The third kappa shape index (κ3) is 3.37. The molecule has 3 aliphatic rings. The van der Waals surface area contributed by atoms with E-state index in [9.17, 15) is 14.0 Å². The second-order valence-corrected chi connectivity index (χ2v) is 9.05. The van der Waals surface area contributed by atoms with Gasteiger partial charge in [0.15, 0.2) is 0 Å². The molecule has 1 aromatic carbocycles. The van der Waals surface area contributed by atoms with Crippen LogP contribution in [0.2, 0.25) is 0 Å². The van der Waals surface area contributed by atoms with Crippen molar-refractivity contribution in [3.63, 3.8) is 0 Å². The van der Waals surface area contributed by atoms with Gasteiger partial charge in [-0.05, 0) is 37.3 Å². The molecule has 3 aliphatic heterocycles. The van der Waals surface area contributed by atoms with Gasteiger partial charge >= 0.3 is 0 Å². The summed E-state index contributed by atoms with van der Waals surface area (Å²) in [7, 11) is 0. The highest BCUT2D eigenvalue weighted by Gasteiger charge is 2.39. The molecule has 5 nitrogen and oxygen atoms in total. The number of amides is 1. The van der Waals surface area contributed by atoms with Crippen molar-refractivity contribution in [1.29, 1.82) is 0 Å². The van der Waals surface area contributed by atoms with Crippen LogP contribution in [-0.4, -0.2) is 52.5 Å². The standard InChI is InChI=1S/C24H28FN3O2/c1-16(29)26-10-8-19(9-11-26)27-13-17-12-18(15-27)24-21(6-7-23(30)28(24)14-17)20-4-2-3-5-22(20)25/h2-7,17-19H,8-15H2,1H3/t17-,18-/m1/s1. The zero-order chi connectivity index (χ0) is 20.8. The first-order chi connectivity index (χ1) is 14.5. The van der Waals surface area contributed by atoms with Gasteiger partial charge in [-0.15, -0.1) is 0 Å². The molecule has 0 N–H and O–H groups in total. The lowest BCUT2D eigenvalue weighted by Gasteiger charge is -2.48. The fourth-order valence-electron chi connectivity index (χ4n) is 5.80. The van der Waals surface area contributed by atoms with E-state index in [2.05, 4.69) is 4.90 Å². The Kier molecular flexibility index (Phi) is 4.97. The topological polar surface area (TPSA) is 45.6 Å². The van der Waals surface area contributed by atoms with Crippen LogP contribution in [0.4, 0.5) is 4.39 Å². The van der Waals surface area contributed by atoms with Gasteiger partial charge in [0.25, 0.3) is 5.56 Å². The maximum Gasteiger partial charge on any atom is 0.250 e. The monoisotopic (exact) mass is 409 g/mol. The van der Waals surface area contributed by atoms with Crippen LogP contribution in [0, 0.1) is 11.7 Å². The maximum atomic E-state index is 14.6. The Morgan fingerprint density at radius 2 is 1.77 bits per heavy atom. The van der Waals surface area contributed by atoms with Crippen molar-refractivity contribution < 1.29 is 9.18 Å². The SMILES string of the molecule is CC(=O)N1CCC(N2C[C@H]3C[C@H](C2)c2c(-c4ccccc4F)ccc(=O)n2C3)CC1. The number of halogens is 1. The van der Waals surface area contributed by atoms with E-state index < -0.39 is 0 Å². The van der Waals surface area contributed by atoms with Crippen molar-refractivity contribution in [2.24, 2.45) is 5.92 Å². The van der Waals surface area contributed by atoms with Crippen LogP contribution in [0.5, 0.6) is 0 Å². The van der Waals surface area contributed by atoms with Crippen LogP contribution in [0.25, 0.3) is 11.1 Å². The Hall–Kier alpha value is -2.47. The number of pyridine rings is 1. The first kappa shape index (κ1) is 19.5. The molecule has 0 spiro atoms.